The first-order valence-electron chi connectivity index (χ1n) is 6.45. The number of benzene rings is 1. The highest BCUT2D eigenvalue weighted by molar-refractivity contribution is 7.89. The molecule has 1 saturated heterocycles. The van der Waals surface area contributed by atoms with E-state index in [-0.39, 0.29) is 18.1 Å². The maximum atomic E-state index is 13.4. The zero-order valence-electron chi connectivity index (χ0n) is 11.2. The number of carbonyl (C=O) groups excluding carboxylic acids is 1. The molecule has 0 amide bonds. The lowest BCUT2D eigenvalue weighted by Crippen LogP contribution is -2.22. The van der Waals surface area contributed by atoms with Crippen LogP contribution < -0.4 is 5.14 Å². The summed E-state index contributed by atoms with van der Waals surface area (Å²) in [5.74, 6) is -1.48. The SMILES string of the molecule is NS(=O)(=O)c1cc(C(=O)OCC2CCOCC2)ccc1F. The molecule has 1 fully saturated rings. The summed E-state index contributed by atoms with van der Waals surface area (Å²) >= 11 is 0. The highest BCUT2D eigenvalue weighted by Crippen LogP contribution is 2.18. The zero-order valence-corrected chi connectivity index (χ0v) is 12.1. The van der Waals surface area contributed by atoms with Crippen molar-refractivity contribution in [1.29, 1.82) is 0 Å². The Morgan fingerprint density at radius 1 is 1.38 bits per heavy atom. The molecule has 1 aliphatic heterocycles. The van der Waals surface area contributed by atoms with Crippen molar-refractivity contribution in [3.63, 3.8) is 0 Å². The normalized spacial score (nSPS) is 16.7. The molecule has 0 unspecified atom stereocenters. The molecule has 1 aromatic rings. The third-order valence-corrected chi connectivity index (χ3v) is 4.19. The number of sulfonamides is 1. The third kappa shape index (κ3) is 4.23. The van der Waals surface area contributed by atoms with Crippen LogP contribution in [0.3, 0.4) is 0 Å². The van der Waals surface area contributed by atoms with E-state index in [0.29, 0.717) is 13.2 Å². The van der Waals surface area contributed by atoms with Crippen LogP contribution in [-0.4, -0.2) is 34.2 Å². The van der Waals surface area contributed by atoms with Crippen LogP contribution in [0.2, 0.25) is 0 Å². The second kappa shape index (κ2) is 6.50. The van der Waals surface area contributed by atoms with Crippen molar-refractivity contribution in [1.82, 2.24) is 0 Å². The number of rotatable bonds is 4. The van der Waals surface area contributed by atoms with Gasteiger partial charge in [0.05, 0.1) is 12.2 Å². The van der Waals surface area contributed by atoms with Gasteiger partial charge in [-0.2, -0.15) is 0 Å². The van der Waals surface area contributed by atoms with Crippen LogP contribution in [0.15, 0.2) is 23.1 Å². The van der Waals surface area contributed by atoms with Crippen LogP contribution in [0.5, 0.6) is 0 Å². The maximum absolute atomic E-state index is 13.4. The Bertz CT molecular complexity index is 625. The minimum Gasteiger partial charge on any atom is -0.462 e. The Labute approximate surface area is 122 Å². The first-order chi connectivity index (χ1) is 9.88. The van der Waals surface area contributed by atoms with Gasteiger partial charge in [0.1, 0.15) is 10.7 Å². The summed E-state index contributed by atoms with van der Waals surface area (Å²) in [6.45, 7) is 1.49. The van der Waals surface area contributed by atoms with Gasteiger partial charge >= 0.3 is 5.97 Å². The summed E-state index contributed by atoms with van der Waals surface area (Å²) < 4.78 is 46.1. The predicted molar refractivity (Wildman–Crippen MR) is 71.6 cm³/mol. The molecule has 0 atom stereocenters. The molecule has 6 nitrogen and oxygen atoms in total. The average Bonchev–Trinajstić information content (AvgIpc) is 2.45. The lowest BCUT2D eigenvalue weighted by Gasteiger charge is -2.21. The monoisotopic (exact) mass is 317 g/mol. The van der Waals surface area contributed by atoms with Gasteiger partial charge in [-0.1, -0.05) is 0 Å². The molecule has 8 heteroatoms. The summed E-state index contributed by atoms with van der Waals surface area (Å²) in [6.07, 6.45) is 1.61. The number of carbonyl (C=O) groups is 1. The van der Waals surface area contributed by atoms with Gasteiger partial charge in [-0.3, -0.25) is 0 Å². The number of ether oxygens (including phenoxy) is 2. The Hall–Kier alpha value is -1.51. The van der Waals surface area contributed by atoms with Crippen LogP contribution in [0.1, 0.15) is 23.2 Å². The zero-order chi connectivity index (χ0) is 15.5. The molecule has 0 bridgehead atoms. The fourth-order valence-electron chi connectivity index (χ4n) is 2.04. The Balaban J connectivity index is 2.05. The molecule has 0 aromatic heterocycles. The fraction of sp³-hybridized carbons (Fsp3) is 0.462. The topological polar surface area (TPSA) is 95.7 Å². The van der Waals surface area contributed by atoms with Crippen LogP contribution in [0, 0.1) is 11.7 Å². The molecular weight excluding hydrogens is 301 g/mol. The Morgan fingerprint density at radius 3 is 2.67 bits per heavy atom. The molecule has 2 rings (SSSR count). The summed E-state index contributed by atoms with van der Waals surface area (Å²) in [7, 11) is -4.22. The standard InChI is InChI=1S/C13H16FNO5S/c14-11-2-1-10(7-12(11)21(15,17)18)13(16)20-8-9-3-5-19-6-4-9/h1-2,7,9H,3-6,8H2,(H2,15,17,18). The van der Waals surface area contributed by atoms with Crippen molar-refractivity contribution in [3.05, 3.63) is 29.6 Å². The molecule has 0 radical (unpaired) electrons. The number of halogens is 1. The molecule has 0 aliphatic carbocycles. The number of hydrogen-bond acceptors (Lipinski definition) is 5. The predicted octanol–water partition coefficient (Wildman–Crippen LogP) is 1.06. The lowest BCUT2D eigenvalue weighted by molar-refractivity contribution is 0.0185. The van der Waals surface area contributed by atoms with Gasteiger partial charge < -0.3 is 9.47 Å². The van der Waals surface area contributed by atoms with Crippen LogP contribution in [-0.2, 0) is 19.5 Å². The van der Waals surface area contributed by atoms with Crippen LogP contribution in [0.25, 0.3) is 0 Å². The first kappa shape index (κ1) is 15.9. The second-order valence-corrected chi connectivity index (χ2v) is 6.37. The molecular formula is C13H16FNO5S. The molecule has 1 aromatic carbocycles. The molecule has 0 saturated carbocycles. The number of esters is 1. The van der Waals surface area contributed by atoms with E-state index in [0.717, 1.165) is 31.0 Å². The summed E-state index contributed by atoms with van der Waals surface area (Å²) in [5, 5.41) is 4.88. The van der Waals surface area contributed by atoms with E-state index in [2.05, 4.69) is 0 Å². The van der Waals surface area contributed by atoms with E-state index < -0.39 is 26.7 Å². The van der Waals surface area contributed by atoms with Crippen LogP contribution in [0.4, 0.5) is 4.39 Å². The smallest absolute Gasteiger partial charge is 0.338 e. The summed E-state index contributed by atoms with van der Waals surface area (Å²) in [4.78, 5) is 11.1. The highest BCUT2D eigenvalue weighted by atomic mass is 32.2. The molecule has 21 heavy (non-hydrogen) atoms. The number of hydrogen-bond donors (Lipinski definition) is 1. The second-order valence-electron chi connectivity index (χ2n) is 4.84. The van der Waals surface area contributed by atoms with E-state index in [1.807, 2.05) is 0 Å². The number of nitrogens with two attached hydrogens (primary N) is 1. The van der Waals surface area contributed by atoms with Crippen molar-refractivity contribution in [2.75, 3.05) is 19.8 Å². The quantitative estimate of drug-likeness (QED) is 0.838. The van der Waals surface area contributed by atoms with Gasteiger partial charge in [0, 0.05) is 13.2 Å². The summed E-state index contributed by atoms with van der Waals surface area (Å²) in [6, 6.07) is 2.93. The van der Waals surface area contributed by atoms with Gasteiger partial charge in [-0.05, 0) is 37.0 Å². The van der Waals surface area contributed by atoms with E-state index >= 15 is 0 Å². The summed E-state index contributed by atoms with van der Waals surface area (Å²) in [5.41, 5.74) is -0.0486. The van der Waals surface area contributed by atoms with Crippen molar-refractivity contribution < 1.29 is 27.1 Å². The van der Waals surface area contributed by atoms with Crippen molar-refractivity contribution in [3.8, 4) is 0 Å². The molecule has 1 aliphatic rings. The molecule has 116 valence electrons. The largest absolute Gasteiger partial charge is 0.462 e. The van der Waals surface area contributed by atoms with Crippen LogP contribution >= 0.6 is 0 Å². The van der Waals surface area contributed by atoms with Crippen molar-refractivity contribution in [2.45, 2.75) is 17.7 Å². The highest BCUT2D eigenvalue weighted by Gasteiger charge is 2.20. The van der Waals surface area contributed by atoms with Crippen molar-refractivity contribution in [2.24, 2.45) is 11.1 Å². The van der Waals surface area contributed by atoms with E-state index in [9.17, 15) is 17.6 Å². The third-order valence-electron chi connectivity index (χ3n) is 3.26. The van der Waals surface area contributed by atoms with Gasteiger partial charge in [-0.15, -0.1) is 0 Å². The molecule has 1 heterocycles. The van der Waals surface area contributed by atoms with E-state index in [4.69, 9.17) is 14.6 Å². The first-order valence-corrected chi connectivity index (χ1v) is 8.00. The fourth-order valence-corrected chi connectivity index (χ4v) is 2.67. The van der Waals surface area contributed by atoms with Gasteiger partial charge in [0.25, 0.3) is 0 Å². The minimum atomic E-state index is -4.22. The number of primary sulfonamides is 1. The average molecular weight is 317 g/mol. The van der Waals surface area contributed by atoms with E-state index in [1.54, 1.807) is 0 Å². The Kier molecular flexibility index (Phi) is 4.92. The maximum Gasteiger partial charge on any atom is 0.338 e. The molecule has 0 spiro atoms. The van der Waals surface area contributed by atoms with Gasteiger partial charge in [-0.25, -0.2) is 22.7 Å². The lowest BCUT2D eigenvalue weighted by atomic mass is 10.0. The Morgan fingerprint density at radius 2 is 2.05 bits per heavy atom. The van der Waals surface area contributed by atoms with E-state index in [1.165, 1.54) is 0 Å². The minimum absolute atomic E-state index is 0.0486. The van der Waals surface area contributed by atoms with Gasteiger partial charge in [0.2, 0.25) is 10.0 Å². The van der Waals surface area contributed by atoms with Gasteiger partial charge in [0.15, 0.2) is 0 Å². The van der Waals surface area contributed by atoms with Crippen molar-refractivity contribution >= 4 is 16.0 Å². The molecule has 2 N–H and O–H groups in total.